The van der Waals surface area contributed by atoms with Crippen LogP contribution in [0.3, 0.4) is 0 Å². The molecular weight excluding hydrogens is 298 g/mol. The van der Waals surface area contributed by atoms with Gasteiger partial charge in [0.15, 0.2) is 16.9 Å². The van der Waals surface area contributed by atoms with Gasteiger partial charge < -0.3 is 19.1 Å². The molecule has 4 atom stereocenters. The van der Waals surface area contributed by atoms with Gasteiger partial charge in [-0.3, -0.25) is 4.18 Å². The van der Waals surface area contributed by atoms with Crippen LogP contribution in [0.25, 0.3) is 0 Å². The van der Waals surface area contributed by atoms with Gasteiger partial charge in [-0.25, -0.2) is 9.00 Å². The van der Waals surface area contributed by atoms with Gasteiger partial charge >= 0.3 is 6.09 Å². The number of piperidine rings is 1. The van der Waals surface area contributed by atoms with Gasteiger partial charge in [0.05, 0.1) is 19.2 Å². The highest BCUT2D eigenvalue weighted by Gasteiger charge is 2.51. The van der Waals surface area contributed by atoms with E-state index in [1.165, 1.54) is 11.2 Å². The van der Waals surface area contributed by atoms with E-state index in [4.69, 9.17) is 18.4 Å². The summed E-state index contributed by atoms with van der Waals surface area (Å²) in [4.78, 5) is 13.6. The summed E-state index contributed by atoms with van der Waals surface area (Å²) in [5.74, 6) is -0.746. The number of likely N-dealkylation sites (tertiary alicyclic amines) is 1. The lowest BCUT2D eigenvalue weighted by Crippen LogP contribution is -2.57. The molecule has 0 bridgehead atoms. The van der Waals surface area contributed by atoms with Crippen LogP contribution < -0.4 is 0 Å². The molecule has 0 aromatic rings. The summed E-state index contributed by atoms with van der Waals surface area (Å²) in [5, 5.41) is 0. The maximum atomic E-state index is 12.1. The highest BCUT2D eigenvalue weighted by atomic mass is 32.2. The van der Waals surface area contributed by atoms with E-state index in [1.807, 2.05) is 13.8 Å². The molecule has 8 heteroatoms. The first-order valence-corrected chi connectivity index (χ1v) is 8.48. The predicted octanol–water partition coefficient (Wildman–Crippen LogP) is 1.05. The Bertz CT molecular complexity index is 427. The van der Waals surface area contributed by atoms with Crippen LogP contribution in [0.15, 0.2) is 0 Å². The summed E-state index contributed by atoms with van der Waals surface area (Å²) < 4.78 is 33.6. The molecule has 0 saturated carbocycles. The molecular formula is C13H23NO6S. The number of rotatable bonds is 3. The van der Waals surface area contributed by atoms with Crippen LogP contribution in [0.4, 0.5) is 4.79 Å². The Morgan fingerprint density at radius 1 is 1.33 bits per heavy atom. The molecule has 1 amide bonds. The Balaban J connectivity index is 2.11. The number of ether oxygens (including phenoxy) is 3. The lowest BCUT2D eigenvalue weighted by molar-refractivity contribution is -0.150. The largest absolute Gasteiger partial charge is 0.447 e. The van der Waals surface area contributed by atoms with E-state index in [9.17, 15) is 9.00 Å². The Hall–Kier alpha value is -0.700. The lowest BCUT2D eigenvalue weighted by Gasteiger charge is -2.37. The van der Waals surface area contributed by atoms with Crippen LogP contribution in [0, 0.1) is 0 Å². The lowest BCUT2D eigenvalue weighted by atomic mass is 10.0. The van der Waals surface area contributed by atoms with Crippen molar-refractivity contribution in [3.05, 3.63) is 0 Å². The monoisotopic (exact) mass is 321 g/mol. The van der Waals surface area contributed by atoms with Gasteiger partial charge in [-0.2, -0.15) is 0 Å². The number of carbonyl (C=O) groups is 1. The average Bonchev–Trinajstić information content (AvgIpc) is 2.61. The van der Waals surface area contributed by atoms with Crippen molar-refractivity contribution in [3.63, 3.8) is 0 Å². The molecule has 0 spiro atoms. The second-order valence-electron chi connectivity index (χ2n) is 6.01. The topological polar surface area (TPSA) is 74.3 Å². The zero-order valence-corrected chi connectivity index (χ0v) is 13.8. The molecule has 0 aromatic carbocycles. The van der Waals surface area contributed by atoms with E-state index in [2.05, 4.69) is 0 Å². The third-order valence-electron chi connectivity index (χ3n) is 3.24. The van der Waals surface area contributed by atoms with Crippen molar-refractivity contribution in [1.29, 1.82) is 0 Å². The van der Waals surface area contributed by atoms with Crippen molar-refractivity contribution in [3.8, 4) is 0 Å². The van der Waals surface area contributed by atoms with Crippen LogP contribution in [-0.2, 0) is 29.5 Å². The van der Waals surface area contributed by atoms with Gasteiger partial charge in [0.25, 0.3) is 0 Å². The van der Waals surface area contributed by atoms with Gasteiger partial charge in [-0.1, -0.05) is 0 Å². The molecule has 0 aromatic heterocycles. The fraction of sp³-hybridized carbons (Fsp3) is 0.923. The van der Waals surface area contributed by atoms with E-state index in [1.54, 1.807) is 13.8 Å². The Kier molecular flexibility index (Phi) is 4.92. The highest BCUT2D eigenvalue weighted by molar-refractivity contribution is 7.79. The van der Waals surface area contributed by atoms with Crippen molar-refractivity contribution in [1.82, 2.24) is 4.90 Å². The normalized spacial score (nSPS) is 32.9. The summed E-state index contributed by atoms with van der Waals surface area (Å²) >= 11 is -1.45. The number of hydrogen-bond donors (Lipinski definition) is 0. The standard InChI is InChI=1S/C13H23NO6S/c1-8(2)17-12(15)14-6-9-11(19-13(3,4)18-9)10(7-14)20-21(5)16/h8-11H,6-7H2,1-5H3/t9-,10+,11-,21?/m0/s1. The van der Waals surface area contributed by atoms with Gasteiger partial charge in [-0.05, 0) is 27.7 Å². The summed E-state index contributed by atoms with van der Waals surface area (Å²) in [6.07, 6.45) is -0.342. The van der Waals surface area contributed by atoms with E-state index in [-0.39, 0.29) is 24.9 Å². The molecule has 2 fully saturated rings. The van der Waals surface area contributed by atoms with Gasteiger partial charge in [0.2, 0.25) is 0 Å². The Morgan fingerprint density at radius 3 is 2.57 bits per heavy atom. The van der Waals surface area contributed by atoms with Crippen LogP contribution in [0.5, 0.6) is 0 Å². The fourth-order valence-corrected chi connectivity index (χ4v) is 3.14. The van der Waals surface area contributed by atoms with Crippen molar-refractivity contribution in [2.24, 2.45) is 0 Å². The maximum Gasteiger partial charge on any atom is 0.410 e. The molecule has 2 heterocycles. The Morgan fingerprint density at radius 2 is 2.00 bits per heavy atom. The van der Waals surface area contributed by atoms with Crippen LogP contribution in [0.1, 0.15) is 27.7 Å². The number of fused-ring (bicyclic) bond motifs is 1. The summed E-state index contributed by atoms with van der Waals surface area (Å²) in [6.45, 7) is 7.84. The highest BCUT2D eigenvalue weighted by Crippen LogP contribution is 2.34. The van der Waals surface area contributed by atoms with Crippen molar-refractivity contribution in [2.75, 3.05) is 19.3 Å². The van der Waals surface area contributed by atoms with Crippen LogP contribution in [-0.4, -0.2) is 64.8 Å². The molecule has 0 aliphatic carbocycles. The molecule has 122 valence electrons. The first kappa shape index (κ1) is 16.7. The number of amides is 1. The quantitative estimate of drug-likeness (QED) is 0.773. The minimum atomic E-state index is -1.45. The predicted molar refractivity (Wildman–Crippen MR) is 76.0 cm³/mol. The van der Waals surface area contributed by atoms with E-state index in [0.29, 0.717) is 6.54 Å². The van der Waals surface area contributed by atoms with E-state index in [0.717, 1.165) is 0 Å². The molecule has 7 nitrogen and oxygen atoms in total. The van der Waals surface area contributed by atoms with Crippen LogP contribution in [0.2, 0.25) is 0 Å². The zero-order chi connectivity index (χ0) is 15.8. The van der Waals surface area contributed by atoms with Crippen molar-refractivity contribution in [2.45, 2.75) is 57.9 Å². The van der Waals surface area contributed by atoms with Crippen LogP contribution >= 0.6 is 0 Å². The van der Waals surface area contributed by atoms with Crippen molar-refractivity contribution < 1.29 is 27.4 Å². The third kappa shape index (κ3) is 4.15. The van der Waals surface area contributed by atoms with Gasteiger partial charge in [-0.15, -0.1) is 0 Å². The Labute approximate surface area is 127 Å². The third-order valence-corrected chi connectivity index (χ3v) is 3.76. The molecule has 2 aliphatic rings. The number of carbonyl (C=O) groups excluding carboxylic acids is 1. The first-order chi connectivity index (χ1) is 9.68. The van der Waals surface area contributed by atoms with Crippen molar-refractivity contribution >= 4 is 17.2 Å². The zero-order valence-electron chi connectivity index (χ0n) is 13.0. The summed E-state index contributed by atoms with van der Waals surface area (Å²) in [7, 11) is 0. The van der Waals surface area contributed by atoms with Gasteiger partial charge in [0.1, 0.15) is 18.3 Å². The first-order valence-electron chi connectivity index (χ1n) is 6.99. The molecule has 1 unspecified atom stereocenters. The maximum absolute atomic E-state index is 12.1. The SMILES string of the molecule is CC(C)OC(=O)N1C[C@@H]2OC(C)(C)O[C@@H]2[C@H](OS(C)=O)C1. The summed E-state index contributed by atoms with van der Waals surface area (Å²) in [6, 6.07) is 0. The number of hydrogen-bond acceptors (Lipinski definition) is 6. The number of nitrogens with zero attached hydrogens (tertiary/aromatic N) is 1. The molecule has 0 radical (unpaired) electrons. The summed E-state index contributed by atoms with van der Waals surface area (Å²) in [5.41, 5.74) is 0. The average molecular weight is 321 g/mol. The second-order valence-corrected chi connectivity index (χ2v) is 7.01. The molecule has 2 rings (SSSR count). The van der Waals surface area contributed by atoms with E-state index >= 15 is 0 Å². The molecule has 2 aliphatic heterocycles. The van der Waals surface area contributed by atoms with Gasteiger partial charge in [0, 0.05) is 6.26 Å². The fourth-order valence-electron chi connectivity index (χ4n) is 2.62. The molecule has 0 N–H and O–H groups in total. The minimum Gasteiger partial charge on any atom is -0.447 e. The minimum absolute atomic E-state index is 0.202. The molecule has 21 heavy (non-hydrogen) atoms. The smallest absolute Gasteiger partial charge is 0.410 e. The molecule has 2 saturated heterocycles. The second kappa shape index (κ2) is 6.20. The van der Waals surface area contributed by atoms with E-state index < -0.39 is 29.1 Å².